The number of nitrogens with one attached hydrogen (secondary N) is 1. The molecule has 7 nitrogen and oxygen atoms in total. The van der Waals surface area contributed by atoms with Gasteiger partial charge in [-0.1, -0.05) is 30.3 Å². The molecule has 5 atom stereocenters. The van der Waals surface area contributed by atoms with Crippen molar-refractivity contribution in [3.8, 4) is 0 Å². The minimum absolute atomic E-state index is 0.263. The van der Waals surface area contributed by atoms with E-state index in [9.17, 15) is 19.5 Å². The van der Waals surface area contributed by atoms with Crippen LogP contribution in [0.2, 0.25) is 0 Å². The van der Waals surface area contributed by atoms with E-state index in [4.69, 9.17) is 4.74 Å². The van der Waals surface area contributed by atoms with Gasteiger partial charge in [0.25, 0.3) is 0 Å². The number of aliphatic carboxylic acids is 1. The molecular formula is C24H34N2O5S. The number of esters is 1. The molecule has 0 spiro atoms. The number of likely N-dealkylation sites (tertiary alicyclic amines) is 1. The number of carboxylic acid groups (broad SMARTS) is 1. The number of thioether (sulfide) groups is 1. The minimum atomic E-state index is -0.951. The third kappa shape index (κ3) is 6.25. The van der Waals surface area contributed by atoms with E-state index in [1.54, 1.807) is 13.8 Å². The highest BCUT2D eigenvalue weighted by Crippen LogP contribution is 2.37. The van der Waals surface area contributed by atoms with Crippen LogP contribution >= 0.6 is 11.8 Å². The van der Waals surface area contributed by atoms with Crippen molar-refractivity contribution >= 4 is 29.6 Å². The fourth-order valence-corrected chi connectivity index (χ4v) is 6.03. The van der Waals surface area contributed by atoms with Crippen LogP contribution in [0, 0.1) is 11.8 Å². The molecule has 2 fully saturated rings. The summed E-state index contributed by atoms with van der Waals surface area (Å²) in [5, 5.41) is 12.9. The van der Waals surface area contributed by atoms with E-state index < -0.39 is 24.1 Å². The number of piperidine rings is 1. The van der Waals surface area contributed by atoms with Gasteiger partial charge in [-0.05, 0) is 68.4 Å². The first kappa shape index (κ1) is 24.6. The normalized spacial score (nSPS) is 24.8. The number of benzene rings is 1. The number of rotatable bonds is 9. The molecule has 1 aromatic carbocycles. The summed E-state index contributed by atoms with van der Waals surface area (Å²) in [4.78, 5) is 39.3. The number of amides is 1. The summed E-state index contributed by atoms with van der Waals surface area (Å²) in [5.41, 5.74) is 1.10. The molecule has 0 bridgehead atoms. The van der Waals surface area contributed by atoms with E-state index in [0.29, 0.717) is 37.6 Å². The highest BCUT2D eigenvalue weighted by atomic mass is 32.2. The summed E-state index contributed by atoms with van der Waals surface area (Å²) >= 11 is 1.87. The van der Waals surface area contributed by atoms with Crippen LogP contribution < -0.4 is 5.32 Å². The van der Waals surface area contributed by atoms with Gasteiger partial charge in [-0.25, -0.2) is 4.79 Å². The van der Waals surface area contributed by atoms with Crippen molar-refractivity contribution in [1.82, 2.24) is 10.2 Å². The van der Waals surface area contributed by atoms with Gasteiger partial charge in [-0.15, -0.1) is 0 Å². The lowest BCUT2D eigenvalue weighted by Crippen LogP contribution is -2.59. The zero-order valence-electron chi connectivity index (χ0n) is 18.9. The number of aryl methyl sites for hydroxylation is 1. The van der Waals surface area contributed by atoms with E-state index in [-0.39, 0.29) is 18.5 Å². The molecule has 176 valence electrons. The Kier molecular flexibility index (Phi) is 8.99. The molecular weight excluding hydrogens is 428 g/mol. The summed E-state index contributed by atoms with van der Waals surface area (Å²) in [6.07, 6.45) is 2.68. The first-order valence-electron chi connectivity index (χ1n) is 11.5. The summed E-state index contributed by atoms with van der Waals surface area (Å²) in [7, 11) is 0. The lowest BCUT2D eigenvalue weighted by Gasteiger charge is -2.45. The lowest BCUT2D eigenvalue weighted by molar-refractivity contribution is -0.156. The van der Waals surface area contributed by atoms with Crippen LogP contribution in [0.25, 0.3) is 0 Å². The maximum atomic E-state index is 13.3. The molecule has 0 saturated carbocycles. The number of carboxylic acids is 1. The quantitative estimate of drug-likeness (QED) is 0.545. The number of carbonyl (C=O) groups is 3. The largest absolute Gasteiger partial charge is 0.480 e. The van der Waals surface area contributed by atoms with E-state index in [1.165, 1.54) is 4.90 Å². The average Bonchev–Trinajstić information content (AvgIpc) is 2.80. The first-order chi connectivity index (χ1) is 15.4. The zero-order valence-corrected chi connectivity index (χ0v) is 19.7. The maximum Gasteiger partial charge on any atom is 0.326 e. The summed E-state index contributed by atoms with van der Waals surface area (Å²) in [5.74, 6) is 1.11. The Bertz CT molecular complexity index is 790. The van der Waals surface area contributed by atoms with Crippen LogP contribution in [0.4, 0.5) is 0 Å². The molecule has 2 heterocycles. The lowest BCUT2D eigenvalue weighted by atomic mass is 9.80. The van der Waals surface area contributed by atoms with Crippen molar-refractivity contribution in [3.63, 3.8) is 0 Å². The fraction of sp³-hybridized carbons (Fsp3) is 0.625. The van der Waals surface area contributed by atoms with Gasteiger partial charge in [-0.2, -0.15) is 11.8 Å². The van der Waals surface area contributed by atoms with Crippen molar-refractivity contribution in [2.24, 2.45) is 11.8 Å². The van der Waals surface area contributed by atoms with Crippen molar-refractivity contribution < 1.29 is 24.2 Å². The Morgan fingerprint density at radius 2 is 2.00 bits per heavy atom. The Balaban J connectivity index is 1.67. The van der Waals surface area contributed by atoms with Crippen molar-refractivity contribution in [2.45, 2.75) is 57.7 Å². The SMILES string of the molecule is CCOC(=O)C(CCc1ccccc1)N[C@@H](C)C(=O)N1CC2CSCCC2C[C@H]1C(=O)O. The third-order valence-electron chi connectivity index (χ3n) is 6.49. The summed E-state index contributed by atoms with van der Waals surface area (Å²) in [6.45, 7) is 4.19. The van der Waals surface area contributed by atoms with Gasteiger partial charge < -0.3 is 14.7 Å². The minimum Gasteiger partial charge on any atom is -0.480 e. The second kappa shape index (κ2) is 11.7. The van der Waals surface area contributed by atoms with E-state index in [1.807, 2.05) is 42.1 Å². The van der Waals surface area contributed by atoms with Gasteiger partial charge in [0.15, 0.2) is 0 Å². The molecule has 2 aliphatic rings. The van der Waals surface area contributed by atoms with E-state index in [2.05, 4.69) is 5.32 Å². The molecule has 0 aromatic heterocycles. The van der Waals surface area contributed by atoms with Crippen molar-refractivity contribution in [2.75, 3.05) is 24.7 Å². The molecule has 0 radical (unpaired) electrons. The van der Waals surface area contributed by atoms with Gasteiger partial charge in [0.05, 0.1) is 12.6 Å². The molecule has 0 aliphatic carbocycles. The first-order valence-corrected chi connectivity index (χ1v) is 12.6. The number of hydrogen-bond acceptors (Lipinski definition) is 6. The van der Waals surface area contributed by atoms with Crippen LogP contribution in [0.1, 0.15) is 38.7 Å². The van der Waals surface area contributed by atoms with Crippen LogP contribution in [0.15, 0.2) is 30.3 Å². The Morgan fingerprint density at radius 3 is 2.69 bits per heavy atom. The van der Waals surface area contributed by atoms with Crippen LogP contribution in [-0.2, 0) is 25.5 Å². The molecule has 1 aromatic rings. The highest BCUT2D eigenvalue weighted by Gasteiger charge is 2.43. The van der Waals surface area contributed by atoms with Crippen molar-refractivity contribution in [1.29, 1.82) is 0 Å². The van der Waals surface area contributed by atoms with Crippen LogP contribution in [-0.4, -0.2) is 70.6 Å². The zero-order chi connectivity index (χ0) is 23.1. The molecule has 8 heteroatoms. The number of ether oxygens (including phenoxy) is 1. The topological polar surface area (TPSA) is 95.9 Å². The van der Waals surface area contributed by atoms with Crippen molar-refractivity contribution in [3.05, 3.63) is 35.9 Å². The second-order valence-corrected chi connectivity index (χ2v) is 9.83. The molecule has 1 amide bonds. The average molecular weight is 463 g/mol. The molecule has 3 unspecified atom stereocenters. The van der Waals surface area contributed by atoms with Gasteiger partial charge in [0.2, 0.25) is 5.91 Å². The van der Waals surface area contributed by atoms with Gasteiger partial charge in [-0.3, -0.25) is 14.9 Å². The van der Waals surface area contributed by atoms with E-state index >= 15 is 0 Å². The predicted octanol–water partition coefficient (Wildman–Crippen LogP) is 2.58. The Hall–Kier alpha value is -2.06. The molecule has 2 N–H and O–H groups in total. The number of carbonyl (C=O) groups excluding carboxylic acids is 2. The van der Waals surface area contributed by atoms with E-state index in [0.717, 1.165) is 23.5 Å². The van der Waals surface area contributed by atoms with Crippen LogP contribution in [0.3, 0.4) is 0 Å². The Labute approximate surface area is 194 Å². The molecule has 32 heavy (non-hydrogen) atoms. The molecule has 3 rings (SSSR count). The van der Waals surface area contributed by atoms with Gasteiger partial charge in [0.1, 0.15) is 12.1 Å². The number of fused-ring (bicyclic) bond motifs is 1. The standard InChI is InChI=1S/C24H34N2O5S/c1-3-31-24(30)20(10-9-17-7-5-4-6-8-17)25-16(2)22(27)26-14-19-15-32-12-11-18(19)13-21(26)23(28)29/h4-8,16,18-21,25H,3,9-15H2,1-2H3,(H,28,29)/t16-,18?,19?,20?,21-/m0/s1. The maximum absolute atomic E-state index is 13.3. The second-order valence-electron chi connectivity index (χ2n) is 8.68. The monoisotopic (exact) mass is 462 g/mol. The smallest absolute Gasteiger partial charge is 0.326 e. The molecule has 2 aliphatic heterocycles. The number of nitrogens with zero attached hydrogens (tertiary/aromatic N) is 1. The van der Waals surface area contributed by atoms with Gasteiger partial charge >= 0.3 is 11.9 Å². The molecule has 2 saturated heterocycles. The van der Waals surface area contributed by atoms with Crippen LogP contribution in [0.5, 0.6) is 0 Å². The summed E-state index contributed by atoms with van der Waals surface area (Å²) < 4.78 is 5.23. The summed E-state index contributed by atoms with van der Waals surface area (Å²) in [6, 6.07) is 7.72. The fourth-order valence-electron chi connectivity index (χ4n) is 4.71. The van der Waals surface area contributed by atoms with Gasteiger partial charge in [0, 0.05) is 6.54 Å². The predicted molar refractivity (Wildman–Crippen MR) is 124 cm³/mol. The third-order valence-corrected chi connectivity index (χ3v) is 7.68. The number of hydrogen-bond donors (Lipinski definition) is 2. The Morgan fingerprint density at radius 1 is 1.25 bits per heavy atom. The highest BCUT2D eigenvalue weighted by molar-refractivity contribution is 7.99.